The minimum Gasteiger partial charge on any atom is -0.382 e. The third-order valence-electron chi connectivity index (χ3n) is 2.26. The lowest BCUT2D eigenvalue weighted by molar-refractivity contribution is 0.210. The highest BCUT2D eigenvalue weighted by Crippen LogP contribution is 2.25. The van der Waals surface area contributed by atoms with Gasteiger partial charge in [0.15, 0.2) is 0 Å². The van der Waals surface area contributed by atoms with E-state index in [-0.39, 0.29) is 5.56 Å². The molecule has 2 aromatic rings. The van der Waals surface area contributed by atoms with Crippen LogP contribution in [-0.2, 0) is 7.05 Å². The molecule has 0 aliphatic rings. The number of nitrogens with zero attached hydrogens (tertiary/aromatic N) is 2. The van der Waals surface area contributed by atoms with Gasteiger partial charge in [-0.1, -0.05) is 15.9 Å². The van der Waals surface area contributed by atoms with Gasteiger partial charge in [0.1, 0.15) is 11.9 Å². The van der Waals surface area contributed by atoms with E-state index in [2.05, 4.69) is 20.9 Å². The Balaban J connectivity index is 2.40. The van der Waals surface area contributed by atoms with Crippen LogP contribution in [-0.4, -0.2) is 14.7 Å². The standard InChI is InChI=1S/C11H10BrFN2O/c1-15-5-10(14-6-15)11(16)8-4-7(12)2-3-9(8)13/h2-6,11,16H,1H3. The van der Waals surface area contributed by atoms with Gasteiger partial charge in [0.05, 0.1) is 12.0 Å². The fraction of sp³-hybridized carbons (Fsp3) is 0.182. The number of halogens is 2. The molecule has 1 atom stereocenters. The molecule has 0 amide bonds. The van der Waals surface area contributed by atoms with Crippen LogP contribution in [0.1, 0.15) is 17.4 Å². The van der Waals surface area contributed by atoms with Crippen LogP contribution < -0.4 is 0 Å². The maximum atomic E-state index is 13.5. The molecule has 1 aromatic heterocycles. The average Bonchev–Trinajstić information content (AvgIpc) is 2.67. The second-order valence-corrected chi connectivity index (χ2v) is 4.45. The Morgan fingerprint density at radius 1 is 1.50 bits per heavy atom. The number of aryl methyl sites for hydroxylation is 1. The largest absolute Gasteiger partial charge is 0.382 e. The zero-order valence-corrected chi connectivity index (χ0v) is 10.1. The predicted molar refractivity (Wildman–Crippen MR) is 61.4 cm³/mol. The van der Waals surface area contributed by atoms with Crippen molar-refractivity contribution in [2.75, 3.05) is 0 Å². The highest BCUT2D eigenvalue weighted by Gasteiger charge is 2.17. The molecule has 0 spiro atoms. The topological polar surface area (TPSA) is 38.0 Å². The smallest absolute Gasteiger partial charge is 0.129 e. The van der Waals surface area contributed by atoms with E-state index >= 15 is 0 Å². The Morgan fingerprint density at radius 3 is 2.88 bits per heavy atom. The molecule has 0 saturated heterocycles. The van der Waals surface area contributed by atoms with Gasteiger partial charge in [0.25, 0.3) is 0 Å². The molecule has 3 nitrogen and oxygen atoms in total. The fourth-order valence-corrected chi connectivity index (χ4v) is 1.84. The van der Waals surface area contributed by atoms with Crippen LogP contribution in [0, 0.1) is 5.82 Å². The van der Waals surface area contributed by atoms with E-state index in [1.165, 1.54) is 6.07 Å². The molecule has 16 heavy (non-hydrogen) atoms. The molecule has 2 rings (SSSR count). The molecule has 0 saturated carbocycles. The summed E-state index contributed by atoms with van der Waals surface area (Å²) in [6.45, 7) is 0. The second kappa shape index (κ2) is 4.35. The summed E-state index contributed by atoms with van der Waals surface area (Å²) in [5.41, 5.74) is 0.646. The number of aliphatic hydroxyl groups is 1. The lowest BCUT2D eigenvalue weighted by atomic mass is 10.1. The van der Waals surface area contributed by atoms with Crippen LogP contribution in [0.15, 0.2) is 35.2 Å². The molecule has 0 fully saturated rings. The number of aliphatic hydroxyl groups excluding tert-OH is 1. The summed E-state index contributed by atoms with van der Waals surface area (Å²) in [4.78, 5) is 3.99. The zero-order valence-electron chi connectivity index (χ0n) is 8.56. The normalized spacial score (nSPS) is 12.8. The number of imidazole rings is 1. The third kappa shape index (κ3) is 2.15. The first-order valence-corrected chi connectivity index (χ1v) is 5.48. The number of aromatic nitrogens is 2. The van der Waals surface area contributed by atoms with E-state index in [4.69, 9.17) is 0 Å². The Hall–Kier alpha value is -1.20. The Kier molecular flexibility index (Phi) is 3.07. The molecule has 0 bridgehead atoms. The minimum atomic E-state index is -1.04. The van der Waals surface area contributed by atoms with Crippen LogP contribution in [0.3, 0.4) is 0 Å². The van der Waals surface area contributed by atoms with Crippen LogP contribution in [0.25, 0.3) is 0 Å². The molecule has 5 heteroatoms. The lowest BCUT2D eigenvalue weighted by Crippen LogP contribution is -2.03. The van der Waals surface area contributed by atoms with Gasteiger partial charge in [-0.2, -0.15) is 0 Å². The third-order valence-corrected chi connectivity index (χ3v) is 2.75. The molecule has 0 aliphatic heterocycles. The van der Waals surface area contributed by atoms with E-state index in [9.17, 15) is 9.50 Å². The summed E-state index contributed by atoms with van der Waals surface area (Å²) >= 11 is 3.24. The Morgan fingerprint density at radius 2 is 2.25 bits per heavy atom. The average molecular weight is 285 g/mol. The van der Waals surface area contributed by atoms with Crippen molar-refractivity contribution in [1.29, 1.82) is 0 Å². The summed E-state index contributed by atoms with van der Waals surface area (Å²) < 4.78 is 15.9. The van der Waals surface area contributed by atoms with Gasteiger partial charge < -0.3 is 9.67 Å². The highest BCUT2D eigenvalue weighted by atomic mass is 79.9. The van der Waals surface area contributed by atoms with Crippen LogP contribution in [0.4, 0.5) is 4.39 Å². The summed E-state index contributed by atoms with van der Waals surface area (Å²) in [5, 5.41) is 9.97. The molecule has 1 aromatic carbocycles. The molecular formula is C11H10BrFN2O. The van der Waals surface area contributed by atoms with Crippen molar-refractivity contribution < 1.29 is 9.50 Å². The van der Waals surface area contributed by atoms with Crippen LogP contribution >= 0.6 is 15.9 Å². The Labute approximate surface area is 101 Å². The molecule has 1 N–H and O–H groups in total. The summed E-state index contributed by atoms with van der Waals surface area (Å²) in [7, 11) is 1.79. The van der Waals surface area contributed by atoms with Crippen LogP contribution in [0.2, 0.25) is 0 Å². The van der Waals surface area contributed by atoms with Crippen molar-refractivity contribution in [2.24, 2.45) is 7.05 Å². The number of hydrogen-bond acceptors (Lipinski definition) is 2. The predicted octanol–water partition coefficient (Wildman–Crippen LogP) is 2.40. The van der Waals surface area contributed by atoms with Crippen molar-refractivity contribution in [3.05, 3.63) is 52.3 Å². The van der Waals surface area contributed by atoms with Gasteiger partial charge in [-0.15, -0.1) is 0 Å². The number of hydrogen-bond donors (Lipinski definition) is 1. The quantitative estimate of drug-likeness (QED) is 0.920. The molecule has 1 heterocycles. The van der Waals surface area contributed by atoms with Crippen molar-refractivity contribution in [3.8, 4) is 0 Å². The van der Waals surface area contributed by atoms with Gasteiger partial charge >= 0.3 is 0 Å². The summed E-state index contributed by atoms with van der Waals surface area (Å²) in [6.07, 6.45) is 2.18. The monoisotopic (exact) mass is 284 g/mol. The second-order valence-electron chi connectivity index (χ2n) is 3.53. The van der Waals surface area contributed by atoms with Crippen molar-refractivity contribution in [1.82, 2.24) is 9.55 Å². The van der Waals surface area contributed by atoms with Gasteiger partial charge in [0.2, 0.25) is 0 Å². The number of benzene rings is 1. The first-order valence-electron chi connectivity index (χ1n) is 4.69. The summed E-state index contributed by atoms with van der Waals surface area (Å²) in [5.74, 6) is -0.443. The molecule has 1 unspecified atom stereocenters. The Bertz CT molecular complexity index is 512. The molecule has 0 aliphatic carbocycles. The zero-order chi connectivity index (χ0) is 11.7. The van der Waals surface area contributed by atoms with E-state index in [1.807, 2.05) is 0 Å². The molecule has 0 radical (unpaired) electrons. The highest BCUT2D eigenvalue weighted by molar-refractivity contribution is 9.10. The van der Waals surface area contributed by atoms with Crippen molar-refractivity contribution in [2.45, 2.75) is 6.10 Å². The minimum absolute atomic E-state index is 0.216. The summed E-state index contributed by atoms with van der Waals surface area (Å²) in [6, 6.07) is 4.45. The maximum Gasteiger partial charge on any atom is 0.129 e. The van der Waals surface area contributed by atoms with Crippen molar-refractivity contribution >= 4 is 15.9 Å². The van der Waals surface area contributed by atoms with Gasteiger partial charge in [-0.25, -0.2) is 9.37 Å². The lowest BCUT2D eigenvalue weighted by Gasteiger charge is -2.09. The number of rotatable bonds is 2. The van der Waals surface area contributed by atoms with Crippen molar-refractivity contribution in [3.63, 3.8) is 0 Å². The van der Waals surface area contributed by atoms with Gasteiger partial charge in [0, 0.05) is 23.3 Å². The van der Waals surface area contributed by atoms with E-state index < -0.39 is 11.9 Å². The maximum absolute atomic E-state index is 13.5. The first-order chi connectivity index (χ1) is 7.58. The van der Waals surface area contributed by atoms with Gasteiger partial charge in [-0.3, -0.25) is 0 Å². The molecular weight excluding hydrogens is 275 g/mol. The van der Waals surface area contributed by atoms with Crippen LogP contribution in [0.5, 0.6) is 0 Å². The van der Waals surface area contributed by atoms with Gasteiger partial charge in [-0.05, 0) is 18.2 Å². The SMILES string of the molecule is Cn1cnc(C(O)c2cc(Br)ccc2F)c1. The fourth-order valence-electron chi connectivity index (χ4n) is 1.46. The van der Waals surface area contributed by atoms with E-state index in [1.54, 1.807) is 36.3 Å². The molecule has 84 valence electrons. The first kappa shape index (κ1) is 11.3. The van der Waals surface area contributed by atoms with E-state index in [0.717, 1.165) is 4.47 Å². The van der Waals surface area contributed by atoms with E-state index in [0.29, 0.717) is 5.69 Å².